The van der Waals surface area contributed by atoms with Gasteiger partial charge < -0.3 is 29.7 Å². The third-order valence-corrected chi connectivity index (χ3v) is 9.17. The fourth-order valence-corrected chi connectivity index (χ4v) is 5.81. The van der Waals surface area contributed by atoms with E-state index in [1.807, 2.05) is 98.8 Å². The Morgan fingerprint density at radius 1 is 0.796 bits per heavy atom. The van der Waals surface area contributed by atoms with Crippen LogP contribution in [-0.2, 0) is 11.3 Å². The molecule has 1 aliphatic rings. The van der Waals surface area contributed by atoms with Crippen molar-refractivity contribution in [2.24, 2.45) is 0 Å². The quantitative estimate of drug-likeness (QED) is 0.205. The summed E-state index contributed by atoms with van der Waals surface area (Å²) >= 11 is 0. The summed E-state index contributed by atoms with van der Waals surface area (Å²) in [5, 5.41) is 3.20. The molecular formula is C40H47N5O4. The molecule has 0 unspecified atom stereocenters. The van der Waals surface area contributed by atoms with E-state index in [-0.39, 0.29) is 24.5 Å². The largest absolute Gasteiger partial charge is 0.445 e. The van der Waals surface area contributed by atoms with Crippen molar-refractivity contribution in [3.63, 3.8) is 0 Å². The standard InChI is InChI=1S/C40H47N5O4/c1-29-14-19-36(45-24-20-42(3)21-25-45)27-37(29)38(46)41-30(2)34-12-9-13-35(26-34)32-15-17-33(18-16-32)39(47)43(4)22-23-44(5)40(48)49-28-31-10-7-6-8-11-31/h6-19,26-27,30H,20-25,28H2,1-5H3,(H,41,46)/t30-/m1/s1. The van der Waals surface area contributed by atoms with E-state index in [2.05, 4.69) is 34.3 Å². The smallest absolute Gasteiger partial charge is 0.409 e. The van der Waals surface area contributed by atoms with E-state index >= 15 is 0 Å². The maximum Gasteiger partial charge on any atom is 0.409 e. The van der Waals surface area contributed by atoms with Gasteiger partial charge in [-0.05, 0) is 79.0 Å². The molecule has 1 N–H and O–H groups in total. The van der Waals surface area contributed by atoms with Gasteiger partial charge in [-0.25, -0.2) is 4.79 Å². The molecule has 9 nitrogen and oxygen atoms in total. The number of aryl methyl sites for hydroxylation is 1. The number of piperazine rings is 1. The molecule has 1 heterocycles. The number of hydrogen-bond donors (Lipinski definition) is 1. The first-order valence-electron chi connectivity index (χ1n) is 16.8. The Hall–Kier alpha value is -5.15. The van der Waals surface area contributed by atoms with Gasteiger partial charge in [0.15, 0.2) is 0 Å². The van der Waals surface area contributed by atoms with Crippen LogP contribution in [0.2, 0.25) is 0 Å². The minimum atomic E-state index is -0.435. The summed E-state index contributed by atoms with van der Waals surface area (Å²) in [6.45, 7) is 8.78. The van der Waals surface area contributed by atoms with Gasteiger partial charge in [0, 0.05) is 70.2 Å². The van der Waals surface area contributed by atoms with Crippen molar-refractivity contribution in [2.45, 2.75) is 26.5 Å². The SMILES string of the molecule is Cc1ccc(N2CCN(C)CC2)cc1C(=O)N[C@H](C)c1cccc(-c2ccc(C(=O)N(C)CCN(C)C(=O)OCc3ccccc3)cc2)c1. The van der Waals surface area contributed by atoms with Crippen molar-refractivity contribution in [1.29, 1.82) is 0 Å². The number of likely N-dealkylation sites (N-methyl/N-ethyl adjacent to an activating group) is 3. The number of carbonyl (C=O) groups is 3. The summed E-state index contributed by atoms with van der Waals surface area (Å²) in [6.07, 6.45) is -0.435. The molecule has 0 bridgehead atoms. The highest BCUT2D eigenvalue weighted by atomic mass is 16.6. The molecule has 0 radical (unpaired) electrons. The molecule has 0 aliphatic carbocycles. The summed E-state index contributed by atoms with van der Waals surface area (Å²) in [5.41, 5.74) is 7.16. The van der Waals surface area contributed by atoms with Crippen LogP contribution >= 0.6 is 0 Å². The second kappa shape index (κ2) is 16.3. The van der Waals surface area contributed by atoms with E-state index in [1.54, 1.807) is 19.0 Å². The highest BCUT2D eigenvalue weighted by molar-refractivity contribution is 5.97. The summed E-state index contributed by atoms with van der Waals surface area (Å²) in [6, 6.07) is 31.1. The predicted molar refractivity (Wildman–Crippen MR) is 195 cm³/mol. The Balaban J connectivity index is 1.15. The van der Waals surface area contributed by atoms with Crippen LogP contribution in [0.1, 0.15) is 50.4 Å². The van der Waals surface area contributed by atoms with Gasteiger partial charge in [-0.1, -0.05) is 66.7 Å². The molecule has 4 aromatic carbocycles. The van der Waals surface area contributed by atoms with Gasteiger partial charge in [0.1, 0.15) is 6.61 Å². The molecule has 0 spiro atoms. The minimum Gasteiger partial charge on any atom is -0.445 e. The van der Waals surface area contributed by atoms with Gasteiger partial charge in [0.2, 0.25) is 0 Å². The predicted octanol–water partition coefficient (Wildman–Crippen LogP) is 6.25. The van der Waals surface area contributed by atoms with Crippen LogP contribution in [0.15, 0.2) is 97.1 Å². The Morgan fingerprint density at radius 3 is 2.20 bits per heavy atom. The Kier molecular flexibility index (Phi) is 11.7. The monoisotopic (exact) mass is 661 g/mol. The van der Waals surface area contributed by atoms with Gasteiger partial charge in [-0.2, -0.15) is 0 Å². The van der Waals surface area contributed by atoms with E-state index in [0.29, 0.717) is 24.2 Å². The number of nitrogens with one attached hydrogen (secondary N) is 1. The molecular weight excluding hydrogens is 614 g/mol. The van der Waals surface area contributed by atoms with Crippen LogP contribution in [0.5, 0.6) is 0 Å². The highest BCUT2D eigenvalue weighted by Gasteiger charge is 2.19. The molecule has 4 aromatic rings. The van der Waals surface area contributed by atoms with Crippen LogP contribution in [-0.4, -0.2) is 93.0 Å². The molecule has 9 heteroatoms. The molecule has 1 atom stereocenters. The summed E-state index contributed by atoms with van der Waals surface area (Å²) in [4.78, 5) is 46.7. The molecule has 1 saturated heterocycles. The first kappa shape index (κ1) is 35.2. The maximum absolute atomic E-state index is 13.4. The van der Waals surface area contributed by atoms with Crippen molar-refractivity contribution < 1.29 is 19.1 Å². The number of hydrogen-bond acceptors (Lipinski definition) is 6. The summed E-state index contributed by atoms with van der Waals surface area (Å²) in [7, 11) is 5.52. The van der Waals surface area contributed by atoms with Crippen LogP contribution in [0.25, 0.3) is 11.1 Å². The van der Waals surface area contributed by atoms with E-state index in [9.17, 15) is 14.4 Å². The average Bonchev–Trinajstić information content (AvgIpc) is 3.13. The fourth-order valence-electron chi connectivity index (χ4n) is 5.81. The Labute approximate surface area is 290 Å². The number of amides is 3. The van der Waals surface area contributed by atoms with Crippen molar-refractivity contribution in [2.75, 3.05) is 65.3 Å². The van der Waals surface area contributed by atoms with Crippen molar-refractivity contribution in [3.8, 4) is 11.1 Å². The third kappa shape index (κ3) is 9.27. The number of rotatable bonds is 11. The fraction of sp³-hybridized carbons (Fsp3) is 0.325. The lowest BCUT2D eigenvalue weighted by Crippen LogP contribution is -2.44. The zero-order chi connectivity index (χ0) is 34.9. The summed E-state index contributed by atoms with van der Waals surface area (Å²) < 4.78 is 5.38. The number of anilines is 1. The van der Waals surface area contributed by atoms with E-state index in [0.717, 1.165) is 59.7 Å². The van der Waals surface area contributed by atoms with Crippen molar-refractivity contribution >= 4 is 23.6 Å². The molecule has 256 valence electrons. The molecule has 49 heavy (non-hydrogen) atoms. The molecule has 0 saturated carbocycles. The number of ether oxygens (including phenoxy) is 1. The maximum atomic E-state index is 13.4. The summed E-state index contributed by atoms with van der Waals surface area (Å²) in [5.74, 6) is -0.219. The minimum absolute atomic E-state index is 0.0892. The topological polar surface area (TPSA) is 85.4 Å². The Bertz CT molecular complexity index is 1740. The average molecular weight is 662 g/mol. The molecule has 1 aliphatic heterocycles. The number of benzene rings is 4. The second-order valence-electron chi connectivity index (χ2n) is 12.9. The first-order valence-corrected chi connectivity index (χ1v) is 16.8. The zero-order valence-corrected chi connectivity index (χ0v) is 29.2. The lowest BCUT2D eigenvalue weighted by molar-refractivity contribution is 0.0756. The van der Waals surface area contributed by atoms with Gasteiger partial charge >= 0.3 is 6.09 Å². The van der Waals surface area contributed by atoms with Gasteiger partial charge in [0.25, 0.3) is 11.8 Å². The van der Waals surface area contributed by atoms with Crippen molar-refractivity contribution in [1.82, 2.24) is 20.0 Å². The molecule has 3 amide bonds. The number of nitrogens with zero attached hydrogens (tertiary/aromatic N) is 4. The number of carbonyl (C=O) groups excluding carboxylic acids is 3. The molecule has 1 fully saturated rings. The lowest BCUT2D eigenvalue weighted by Gasteiger charge is -2.34. The first-order chi connectivity index (χ1) is 23.6. The van der Waals surface area contributed by atoms with Gasteiger partial charge in [-0.3, -0.25) is 9.59 Å². The van der Waals surface area contributed by atoms with Crippen molar-refractivity contribution in [3.05, 3.63) is 125 Å². The van der Waals surface area contributed by atoms with Crippen LogP contribution in [0.3, 0.4) is 0 Å². The lowest BCUT2D eigenvalue weighted by atomic mass is 9.98. The molecule has 5 rings (SSSR count). The van der Waals surface area contributed by atoms with Gasteiger partial charge in [-0.15, -0.1) is 0 Å². The third-order valence-electron chi connectivity index (χ3n) is 9.17. The van der Waals surface area contributed by atoms with E-state index < -0.39 is 6.09 Å². The van der Waals surface area contributed by atoms with Crippen LogP contribution in [0, 0.1) is 6.92 Å². The highest BCUT2D eigenvalue weighted by Crippen LogP contribution is 2.26. The second-order valence-corrected chi connectivity index (χ2v) is 12.9. The Morgan fingerprint density at radius 2 is 1.49 bits per heavy atom. The van der Waals surface area contributed by atoms with Crippen LogP contribution in [0.4, 0.5) is 10.5 Å². The van der Waals surface area contributed by atoms with Gasteiger partial charge in [0.05, 0.1) is 6.04 Å². The zero-order valence-electron chi connectivity index (χ0n) is 29.2. The van der Waals surface area contributed by atoms with E-state index in [4.69, 9.17) is 4.74 Å². The van der Waals surface area contributed by atoms with Crippen LogP contribution < -0.4 is 10.2 Å². The van der Waals surface area contributed by atoms with E-state index in [1.165, 1.54) is 4.90 Å². The molecule has 0 aromatic heterocycles. The normalized spacial score (nSPS) is 13.8.